The molecule has 8 heavy (non-hydrogen) atoms. The molecule has 0 aliphatic carbocycles. The van der Waals surface area contributed by atoms with E-state index < -0.39 is 0 Å². The summed E-state index contributed by atoms with van der Waals surface area (Å²) >= 11 is 0. The molecule has 0 aromatic heterocycles. The van der Waals surface area contributed by atoms with E-state index in [0.29, 0.717) is 0 Å². The number of hydrogen-bond donors (Lipinski definition) is 0. The van der Waals surface area contributed by atoms with Gasteiger partial charge < -0.3 is 32.9 Å². The number of hydrogen-bond acceptors (Lipinski definition) is 0. The maximum Gasteiger partial charge on any atom is 0 e. The van der Waals surface area contributed by atoms with E-state index in [9.17, 15) is 0 Å². The van der Waals surface area contributed by atoms with Crippen LogP contribution in [0.15, 0.2) is 0 Å². The fraction of sp³-hybridized carbons (Fsp3) is 0. The van der Waals surface area contributed by atoms with Crippen molar-refractivity contribution in [2.75, 3.05) is 0 Å². The van der Waals surface area contributed by atoms with Crippen LogP contribution in [0.5, 0.6) is 0 Å². The van der Waals surface area contributed by atoms with Gasteiger partial charge in [-0.05, 0) is 0 Å². The number of halogens is 1. The maximum atomic E-state index is 0. The minimum atomic E-state index is 0. The van der Waals surface area contributed by atoms with Crippen LogP contribution in [0.4, 0.5) is 0 Å². The summed E-state index contributed by atoms with van der Waals surface area (Å²) < 4.78 is 0. The van der Waals surface area contributed by atoms with Gasteiger partial charge in [0.05, 0.1) is 0 Å². The summed E-state index contributed by atoms with van der Waals surface area (Å²) in [7, 11) is 0. The van der Waals surface area contributed by atoms with Crippen LogP contribution >= 0.6 is 12.4 Å². The Bertz CT molecular complexity index is 8.49. The average Bonchev–Trinajstić information content (AvgIpc) is 0. The summed E-state index contributed by atoms with van der Waals surface area (Å²) in [6, 6.07) is 0. The molecule has 0 saturated carbocycles. The second-order valence-electron chi connectivity index (χ2n) is 0. The van der Waals surface area contributed by atoms with Crippen LogP contribution < -0.4 is 0 Å². The molecular formula is H13ClO6Ti. The summed E-state index contributed by atoms with van der Waals surface area (Å²) in [6.45, 7) is 0. The molecule has 0 rings (SSSR count). The Balaban J connectivity index is 0. The standard InChI is InChI=1S/ClH.6H2O.Ti/h1H;6*1H2;. The Morgan fingerprint density at radius 2 is 0.375 bits per heavy atom. The largest absolute Gasteiger partial charge is 0.412 e. The van der Waals surface area contributed by atoms with Gasteiger partial charge in [0.2, 0.25) is 0 Å². The molecule has 0 saturated heterocycles. The third-order valence-corrected chi connectivity index (χ3v) is 0. The zero-order valence-corrected chi connectivity index (χ0v) is 6.29. The van der Waals surface area contributed by atoms with Gasteiger partial charge in [-0.15, -0.1) is 12.4 Å². The van der Waals surface area contributed by atoms with E-state index in [1.807, 2.05) is 0 Å². The van der Waals surface area contributed by atoms with Gasteiger partial charge >= 0.3 is 0 Å². The van der Waals surface area contributed by atoms with Crippen LogP contribution in [-0.2, 0) is 21.7 Å². The molecule has 0 fully saturated rings. The second kappa shape index (κ2) is 608. The first-order valence-electron chi connectivity index (χ1n) is 0. The van der Waals surface area contributed by atoms with Crippen LogP contribution in [0, 0.1) is 0 Å². The normalized spacial score (nSPS) is 0. The molecule has 60 valence electrons. The summed E-state index contributed by atoms with van der Waals surface area (Å²) in [5.74, 6) is 0. The fourth-order valence-electron chi connectivity index (χ4n) is 0. The minimum absolute atomic E-state index is 0. The topological polar surface area (TPSA) is 189 Å². The summed E-state index contributed by atoms with van der Waals surface area (Å²) in [4.78, 5) is 0. The third kappa shape index (κ3) is 385. The molecule has 6 nitrogen and oxygen atoms in total. The Morgan fingerprint density at radius 3 is 0.375 bits per heavy atom. The van der Waals surface area contributed by atoms with Gasteiger partial charge in [0.15, 0.2) is 0 Å². The summed E-state index contributed by atoms with van der Waals surface area (Å²) in [6.07, 6.45) is 0. The van der Waals surface area contributed by atoms with Gasteiger partial charge in [0.25, 0.3) is 0 Å². The van der Waals surface area contributed by atoms with E-state index in [0.717, 1.165) is 0 Å². The van der Waals surface area contributed by atoms with Crippen molar-refractivity contribution in [3.8, 4) is 0 Å². The molecule has 0 atom stereocenters. The smallest absolute Gasteiger partial charge is 0 e. The molecule has 0 unspecified atom stereocenters. The molecule has 0 amide bonds. The molecule has 0 aliphatic rings. The first-order chi connectivity index (χ1) is 0. The molecule has 0 heterocycles. The van der Waals surface area contributed by atoms with Gasteiger partial charge in [0.1, 0.15) is 0 Å². The number of rotatable bonds is 0. The first-order valence-corrected chi connectivity index (χ1v) is 0. The van der Waals surface area contributed by atoms with E-state index in [1.54, 1.807) is 0 Å². The SMILES string of the molecule is Cl.O.O.O.O.O.O.[Ti]. The van der Waals surface area contributed by atoms with Crippen molar-refractivity contribution in [1.82, 2.24) is 0 Å². The molecule has 0 aliphatic heterocycles. The molecule has 0 aromatic rings. The predicted octanol–water partition coefficient (Wildman–Crippen LogP) is -4.53. The van der Waals surface area contributed by atoms with E-state index in [4.69, 9.17) is 0 Å². The summed E-state index contributed by atoms with van der Waals surface area (Å²) in [5.41, 5.74) is 0. The Labute approximate surface area is 67.4 Å². The zero-order chi connectivity index (χ0) is 0. The fourth-order valence-corrected chi connectivity index (χ4v) is 0. The van der Waals surface area contributed by atoms with Gasteiger partial charge in [-0.25, -0.2) is 0 Å². The Morgan fingerprint density at radius 1 is 0.375 bits per heavy atom. The molecule has 12 N–H and O–H groups in total. The van der Waals surface area contributed by atoms with Gasteiger partial charge in [-0.2, -0.15) is 0 Å². The third-order valence-electron chi connectivity index (χ3n) is 0. The molecule has 0 aromatic carbocycles. The van der Waals surface area contributed by atoms with Gasteiger partial charge in [-0.3, -0.25) is 0 Å². The van der Waals surface area contributed by atoms with Crippen LogP contribution in [-0.4, -0.2) is 32.9 Å². The van der Waals surface area contributed by atoms with Gasteiger partial charge in [-0.1, -0.05) is 0 Å². The van der Waals surface area contributed by atoms with Gasteiger partial charge in [0, 0.05) is 21.7 Å². The van der Waals surface area contributed by atoms with Crippen molar-refractivity contribution in [3.63, 3.8) is 0 Å². The predicted molar refractivity (Wildman–Crippen MR) is 28.9 cm³/mol. The maximum absolute atomic E-state index is 0. The molecule has 0 spiro atoms. The molecule has 0 radical (unpaired) electrons. The Kier molecular flexibility index (Phi) is 68800. The van der Waals surface area contributed by atoms with Crippen LogP contribution in [0.2, 0.25) is 0 Å². The van der Waals surface area contributed by atoms with E-state index in [-0.39, 0.29) is 67.0 Å². The van der Waals surface area contributed by atoms with Crippen LogP contribution in [0.1, 0.15) is 0 Å². The van der Waals surface area contributed by atoms with Crippen molar-refractivity contribution in [3.05, 3.63) is 0 Å². The minimum Gasteiger partial charge on any atom is -0.412 e. The second-order valence-corrected chi connectivity index (χ2v) is 0. The zero-order valence-electron chi connectivity index (χ0n) is 3.91. The molecule has 0 bridgehead atoms. The van der Waals surface area contributed by atoms with Crippen molar-refractivity contribution in [1.29, 1.82) is 0 Å². The van der Waals surface area contributed by atoms with Crippen molar-refractivity contribution >= 4 is 12.4 Å². The molecular weight excluding hydrogens is 179 g/mol. The molecule has 8 heteroatoms. The van der Waals surface area contributed by atoms with E-state index >= 15 is 0 Å². The van der Waals surface area contributed by atoms with Crippen molar-refractivity contribution < 1.29 is 54.6 Å². The monoisotopic (exact) mass is 192 g/mol. The average molecular weight is 192 g/mol. The first kappa shape index (κ1) is 904. The van der Waals surface area contributed by atoms with E-state index in [1.165, 1.54) is 0 Å². The van der Waals surface area contributed by atoms with E-state index in [2.05, 4.69) is 0 Å². The van der Waals surface area contributed by atoms with Crippen molar-refractivity contribution in [2.24, 2.45) is 0 Å². The quantitative estimate of drug-likeness (QED) is 0.334. The van der Waals surface area contributed by atoms with Crippen molar-refractivity contribution in [2.45, 2.75) is 0 Å². The van der Waals surface area contributed by atoms with Crippen LogP contribution in [0.25, 0.3) is 0 Å². The van der Waals surface area contributed by atoms with Crippen LogP contribution in [0.3, 0.4) is 0 Å². The Hall–Kier alpha value is 0.764. The summed E-state index contributed by atoms with van der Waals surface area (Å²) in [5, 5.41) is 0.